The van der Waals surface area contributed by atoms with Crippen LogP contribution in [0.5, 0.6) is 0 Å². The van der Waals surface area contributed by atoms with Crippen molar-refractivity contribution in [3.05, 3.63) is 12.4 Å². The Hall–Kier alpha value is -1.54. The van der Waals surface area contributed by atoms with Crippen LogP contribution in [-0.4, -0.2) is 28.6 Å². The quantitative estimate of drug-likeness (QED) is 0.772. The van der Waals surface area contributed by atoms with Gasteiger partial charge in [-0.1, -0.05) is 13.8 Å². The summed E-state index contributed by atoms with van der Waals surface area (Å²) in [5, 5.41) is -0.199. The number of sulfonamides is 1. The third-order valence-electron chi connectivity index (χ3n) is 2.23. The molecule has 8 heteroatoms. The summed E-state index contributed by atoms with van der Waals surface area (Å²) in [4.78, 5) is 11.8. The van der Waals surface area contributed by atoms with E-state index in [9.17, 15) is 8.42 Å². The number of fused-ring (bicyclic) bond motifs is 1. The van der Waals surface area contributed by atoms with Crippen LogP contribution < -0.4 is 5.84 Å². The van der Waals surface area contributed by atoms with E-state index in [4.69, 9.17) is 5.84 Å². The Bertz CT molecular complexity index is 567. The lowest BCUT2D eigenvalue weighted by molar-refractivity contribution is 0.510. The van der Waals surface area contributed by atoms with Crippen LogP contribution in [0, 0.1) is 5.92 Å². The van der Waals surface area contributed by atoms with Crippen LogP contribution >= 0.6 is 0 Å². The molecule has 0 saturated heterocycles. The minimum atomic E-state index is -3.81. The van der Waals surface area contributed by atoms with E-state index >= 15 is 0 Å². The summed E-state index contributed by atoms with van der Waals surface area (Å²) in [6.45, 7) is 3.91. The molecule has 0 amide bonds. The first kappa shape index (κ1) is 11.9. The topological polar surface area (TPSA) is 102 Å². The van der Waals surface area contributed by atoms with Crippen LogP contribution in [0.1, 0.15) is 20.3 Å². The molecule has 0 spiro atoms. The van der Waals surface area contributed by atoms with Gasteiger partial charge in [-0.25, -0.2) is 20.8 Å². The van der Waals surface area contributed by atoms with Crippen molar-refractivity contribution in [3.63, 3.8) is 0 Å². The molecule has 0 atom stereocenters. The van der Waals surface area contributed by atoms with Crippen LogP contribution in [0.2, 0.25) is 0 Å². The Balaban J connectivity index is 2.57. The van der Waals surface area contributed by atoms with E-state index in [0.717, 1.165) is 0 Å². The molecule has 2 N–H and O–H groups in total. The molecule has 1 aromatic rings. The SMILES string of the molecule is CC(C)CC1=Nc2nccnc2S(=O)(=O)N1N. The Kier molecular flexibility index (Phi) is 2.84. The van der Waals surface area contributed by atoms with Crippen LogP contribution in [-0.2, 0) is 10.0 Å². The molecule has 0 aliphatic carbocycles. The molecule has 0 fully saturated rings. The lowest BCUT2D eigenvalue weighted by Gasteiger charge is -2.24. The standard InChI is InChI=1S/C9H13N5O2S/c1-6(2)5-7-13-8-9(12-4-3-11-8)17(15,16)14(7)10/h3-4,6H,5,10H2,1-2H3. The average molecular weight is 255 g/mol. The molecule has 7 nitrogen and oxygen atoms in total. The first-order chi connectivity index (χ1) is 7.93. The molecule has 0 radical (unpaired) electrons. The van der Waals surface area contributed by atoms with Gasteiger partial charge in [0.2, 0.25) is 5.03 Å². The zero-order valence-corrected chi connectivity index (χ0v) is 10.3. The summed E-state index contributed by atoms with van der Waals surface area (Å²) in [6.07, 6.45) is 3.16. The molecular formula is C9H13N5O2S. The maximum Gasteiger partial charge on any atom is 0.300 e. The highest BCUT2D eigenvalue weighted by Gasteiger charge is 2.34. The minimum absolute atomic E-state index is 0.102. The minimum Gasteiger partial charge on any atom is -0.238 e. The number of hydrogen-bond acceptors (Lipinski definition) is 6. The highest BCUT2D eigenvalue weighted by atomic mass is 32.2. The Morgan fingerprint density at radius 3 is 2.65 bits per heavy atom. The third kappa shape index (κ3) is 2.01. The average Bonchev–Trinajstić information content (AvgIpc) is 2.25. The normalized spacial score (nSPS) is 17.9. The smallest absolute Gasteiger partial charge is 0.238 e. The van der Waals surface area contributed by atoms with Gasteiger partial charge in [-0.15, -0.1) is 0 Å². The van der Waals surface area contributed by atoms with Gasteiger partial charge >= 0.3 is 0 Å². The largest absolute Gasteiger partial charge is 0.300 e. The van der Waals surface area contributed by atoms with E-state index in [0.29, 0.717) is 10.8 Å². The van der Waals surface area contributed by atoms with E-state index < -0.39 is 10.0 Å². The summed E-state index contributed by atoms with van der Waals surface area (Å²) in [5.74, 6) is 6.20. The lowest BCUT2D eigenvalue weighted by atomic mass is 10.1. The van der Waals surface area contributed by atoms with Crippen molar-refractivity contribution >= 4 is 21.7 Å². The molecule has 92 valence electrons. The summed E-state index contributed by atoms with van der Waals surface area (Å²) in [5.41, 5.74) is 0. The van der Waals surface area contributed by atoms with Crippen molar-refractivity contribution < 1.29 is 8.42 Å². The van der Waals surface area contributed by atoms with Crippen LogP contribution in [0.4, 0.5) is 5.82 Å². The predicted molar refractivity (Wildman–Crippen MR) is 61.8 cm³/mol. The van der Waals surface area contributed by atoms with Gasteiger partial charge in [-0.05, 0) is 5.92 Å². The summed E-state index contributed by atoms with van der Waals surface area (Å²) < 4.78 is 24.7. The highest BCUT2D eigenvalue weighted by Crippen LogP contribution is 2.27. The monoisotopic (exact) mass is 255 g/mol. The molecule has 17 heavy (non-hydrogen) atoms. The maximum atomic E-state index is 12.0. The number of rotatable bonds is 2. The molecule has 2 heterocycles. The molecule has 1 aromatic heterocycles. The van der Waals surface area contributed by atoms with Crippen molar-refractivity contribution in [1.29, 1.82) is 0 Å². The molecule has 0 bridgehead atoms. The lowest BCUT2D eigenvalue weighted by Crippen LogP contribution is -2.45. The van der Waals surface area contributed by atoms with Gasteiger partial charge in [0.25, 0.3) is 10.0 Å². The number of aliphatic imine (C=N–C) groups is 1. The maximum absolute atomic E-state index is 12.0. The van der Waals surface area contributed by atoms with Gasteiger partial charge in [0.05, 0.1) is 0 Å². The molecule has 1 aliphatic rings. The molecule has 0 aromatic carbocycles. The number of nitrogens with two attached hydrogens (primary N) is 1. The second kappa shape index (κ2) is 4.04. The van der Waals surface area contributed by atoms with Crippen molar-refractivity contribution in [2.24, 2.45) is 16.8 Å². The first-order valence-corrected chi connectivity index (χ1v) is 6.55. The Labute approximate surface area is 99.4 Å². The van der Waals surface area contributed by atoms with Gasteiger partial charge in [0, 0.05) is 18.8 Å². The summed E-state index contributed by atoms with van der Waals surface area (Å²) >= 11 is 0. The Morgan fingerprint density at radius 1 is 1.35 bits per heavy atom. The van der Waals surface area contributed by atoms with Gasteiger partial charge in [0.1, 0.15) is 5.84 Å². The summed E-state index contributed by atoms with van der Waals surface area (Å²) in [6, 6.07) is 0. The summed E-state index contributed by atoms with van der Waals surface area (Å²) in [7, 11) is -3.81. The fraction of sp³-hybridized carbons (Fsp3) is 0.444. The van der Waals surface area contributed by atoms with Gasteiger partial charge in [0.15, 0.2) is 5.82 Å². The van der Waals surface area contributed by atoms with Crippen LogP contribution in [0.15, 0.2) is 22.4 Å². The fourth-order valence-electron chi connectivity index (χ4n) is 1.48. The molecule has 2 rings (SSSR count). The second-order valence-electron chi connectivity index (χ2n) is 4.11. The van der Waals surface area contributed by atoms with E-state index in [-0.39, 0.29) is 22.6 Å². The number of hydrazine groups is 1. The molecule has 0 unspecified atom stereocenters. The molecule has 0 saturated carbocycles. The predicted octanol–water partition coefficient (Wildman–Crippen LogP) is 0.431. The fourth-order valence-corrected chi connectivity index (χ4v) is 2.58. The van der Waals surface area contributed by atoms with Crippen molar-refractivity contribution in [3.8, 4) is 0 Å². The Morgan fingerprint density at radius 2 is 2.00 bits per heavy atom. The van der Waals surface area contributed by atoms with Crippen LogP contribution in [0.3, 0.4) is 0 Å². The number of hydrogen-bond donors (Lipinski definition) is 1. The van der Waals surface area contributed by atoms with Crippen molar-refractivity contribution in [2.45, 2.75) is 25.3 Å². The third-order valence-corrected chi connectivity index (χ3v) is 3.74. The van der Waals surface area contributed by atoms with Crippen molar-refractivity contribution in [1.82, 2.24) is 14.4 Å². The zero-order chi connectivity index (χ0) is 12.6. The van der Waals surface area contributed by atoms with E-state index in [1.165, 1.54) is 12.4 Å². The van der Waals surface area contributed by atoms with Crippen molar-refractivity contribution in [2.75, 3.05) is 0 Å². The van der Waals surface area contributed by atoms with Gasteiger partial charge in [-0.2, -0.15) is 12.8 Å². The van der Waals surface area contributed by atoms with E-state index in [1.54, 1.807) is 0 Å². The molecular weight excluding hydrogens is 242 g/mol. The number of nitrogens with zero attached hydrogens (tertiary/aromatic N) is 4. The van der Waals surface area contributed by atoms with Gasteiger partial charge < -0.3 is 0 Å². The highest BCUT2D eigenvalue weighted by molar-refractivity contribution is 7.89. The van der Waals surface area contributed by atoms with Gasteiger partial charge in [-0.3, -0.25) is 0 Å². The first-order valence-electron chi connectivity index (χ1n) is 5.11. The number of amidine groups is 1. The zero-order valence-electron chi connectivity index (χ0n) is 9.53. The second-order valence-corrected chi connectivity index (χ2v) is 5.84. The van der Waals surface area contributed by atoms with Crippen LogP contribution in [0.25, 0.3) is 0 Å². The van der Waals surface area contributed by atoms with E-state index in [2.05, 4.69) is 15.0 Å². The number of aromatic nitrogens is 2. The molecule has 1 aliphatic heterocycles. The van der Waals surface area contributed by atoms with E-state index in [1.807, 2.05) is 13.8 Å².